The summed E-state index contributed by atoms with van der Waals surface area (Å²) in [4.78, 5) is 22.8. The molecule has 1 atom stereocenters. The number of rotatable bonds is 7. The number of thioether (sulfide) groups is 1. The monoisotopic (exact) mass is 230 g/mol. The first kappa shape index (κ1) is 14.7. The number of ketones is 1. The van der Waals surface area contributed by atoms with Crippen LogP contribution in [0.25, 0.3) is 0 Å². The lowest BCUT2D eigenvalue weighted by Crippen LogP contribution is -2.18. The van der Waals surface area contributed by atoms with E-state index in [0.29, 0.717) is 0 Å². The highest BCUT2D eigenvalue weighted by atomic mass is 32.2. The summed E-state index contributed by atoms with van der Waals surface area (Å²) in [6.07, 6.45) is 4.17. The Morgan fingerprint density at radius 3 is 2.20 bits per heavy atom. The van der Waals surface area contributed by atoms with Gasteiger partial charge in [-0.2, -0.15) is 0 Å². The zero-order valence-electron chi connectivity index (χ0n) is 10.2. The van der Waals surface area contributed by atoms with E-state index in [4.69, 9.17) is 0 Å². The van der Waals surface area contributed by atoms with Gasteiger partial charge in [-0.25, -0.2) is 0 Å². The third-order valence-corrected chi connectivity index (χ3v) is 3.81. The van der Waals surface area contributed by atoms with E-state index in [9.17, 15) is 9.59 Å². The van der Waals surface area contributed by atoms with Gasteiger partial charge in [-0.15, -0.1) is 0 Å². The lowest BCUT2D eigenvalue weighted by atomic mass is 10.1. The molecule has 0 aliphatic rings. The van der Waals surface area contributed by atoms with Crippen LogP contribution in [-0.4, -0.2) is 16.1 Å². The Morgan fingerprint density at radius 2 is 1.80 bits per heavy atom. The topological polar surface area (TPSA) is 34.1 Å². The molecule has 0 radical (unpaired) electrons. The second-order valence-electron chi connectivity index (χ2n) is 4.19. The van der Waals surface area contributed by atoms with Crippen LogP contribution in [0.2, 0.25) is 0 Å². The van der Waals surface area contributed by atoms with Gasteiger partial charge >= 0.3 is 0 Å². The standard InChI is InChI=1S/C12H22O2S/c1-5-6-7-8-11(10(4)13)15-12(14)9(2)3/h9,11H,5-8H2,1-4H3. The molecule has 0 aliphatic carbocycles. The molecule has 0 bridgehead atoms. The lowest BCUT2D eigenvalue weighted by molar-refractivity contribution is -0.117. The molecule has 0 N–H and O–H groups in total. The minimum Gasteiger partial charge on any atom is -0.299 e. The van der Waals surface area contributed by atoms with Gasteiger partial charge in [0.1, 0.15) is 5.78 Å². The maximum atomic E-state index is 11.5. The van der Waals surface area contributed by atoms with Crippen LogP contribution in [0.15, 0.2) is 0 Å². The first-order valence-electron chi connectivity index (χ1n) is 5.70. The second-order valence-corrected chi connectivity index (χ2v) is 5.39. The summed E-state index contributed by atoms with van der Waals surface area (Å²) in [7, 11) is 0. The fourth-order valence-corrected chi connectivity index (χ4v) is 2.20. The van der Waals surface area contributed by atoms with Gasteiger partial charge in [-0.3, -0.25) is 9.59 Å². The van der Waals surface area contributed by atoms with E-state index >= 15 is 0 Å². The van der Waals surface area contributed by atoms with Crippen LogP contribution < -0.4 is 0 Å². The minimum atomic E-state index is -0.119. The van der Waals surface area contributed by atoms with E-state index < -0.39 is 0 Å². The van der Waals surface area contributed by atoms with Gasteiger partial charge in [0, 0.05) is 5.92 Å². The third-order valence-electron chi connectivity index (χ3n) is 2.25. The largest absolute Gasteiger partial charge is 0.299 e. The molecule has 1 unspecified atom stereocenters. The van der Waals surface area contributed by atoms with Crippen molar-refractivity contribution in [3.05, 3.63) is 0 Å². The summed E-state index contributed by atoms with van der Waals surface area (Å²) in [6.45, 7) is 7.46. The molecule has 0 aromatic heterocycles. The highest BCUT2D eigenvalue weighted by molar-refractivity contribution is 8.14. The summed E-state index contributed by atoms with van der Waals surface area (Å²) >= 11 is 1.22. The molecule has 0 saturated carbocycles. The van der Waals surface area contributed by atoms with Gasteiger partial charge < -0.3 is 0 Å². The number of Topliss-reactive ketones (excluding diaryl/α,β-unsaturated/α-hetero) is 1. The van der Waals surface area contributed by atoms with Crippen molar-refractivity contribution in [2.45, 2.75) is 58.6 Å². The Balaban J connectivity index is 4.05. The molecule has 0 fully saturated rings. The zero-order chi connectivity index (χ0) is 11.8. The Labute approximate surface area is 97.2 Å². The van der Waals surface area contributed by atoms with Crippen molar-refractivity contribution in [2.24, 2.45) is 5.92 Å². The summed E-state index contributed by atoms with van der Waals surface area (Å²) in [5.74, 6) is 0.146. The molecule has 0 heterocycles. The Morgan fingerprint density at radius 1 is 1.20 bits per heavy atom. The molecule has 88 valence electrons. The highest BCUT2D eigenvalue weighted by Gasteiger charge is 2.20. The number of unbranched alkanes of at least 4 members (excludes halogenated alkanes) is 2. The second kappa shape index (κ2) is 7.91. The molecule has 0 aromatic carbocycles. The van der Waals surface area contributed by atoms with Crippen LogP contribution in [0.1, 0.15) is 53.4 Å². The van der Waals surface area contributed by atoms with Gasteiger partial charge in [0.25, 0.3) is 0 Å². The molecule has 3 heteroatoms. The molecule has 0 saturated heterocycles. The zero-order valence-corrected chi connectivity index (χ0v) is 11.0. The van der Waals surface area contributed by atoms with Crippen LogP contribution in [0.3, 0.4) is 0 Å². The van der Waals surface area contributed by atoms with Crippen molar-refractivity contribution in [1.29, 1.82) is 0 Å². The van der Waals surface area contributed by atoms with Crippen molar-refractivity contribution in [3.8, 4) is 0 Å². The van der Waals surface area contributed by atoms with Crippen LogP contribution in [0, 0.1) is 5.92 Å². The molecule has 0 aliphatic heterocycles. The van der Waals surface area contributed by atoms with E-state index in [2.05, 4.69) is 6.92 Å². The quantitative estimate of drug-likeness (QED) is 0.628. The average molecular weight is 230 g/mol. The molecule has 0 spiro atoms. The summed E-state index contributed by atoms with van der Waals surface area (Å²) < 4.78 is 0. The van der Waals surface area contributed by atoms with Crippen LogP contribution >= 0.6 is 11.8 Å². The van der Waals surface area contributed by atoms with E-state index in [1.165, 1.54) is 11.8 Å². The van der Waals surface area contributed by atoms with Crippen molar-refractivity contribution in [3.63, 3.8) is 0 Å². The first-order valence-corrected chi connectivity index (χ1v) is 6.58. The Kier molecular flexibility index (Phi) is 7.75. The predicted octanol–water partition coefficient (Wildman–Crippen LogP) is 3.44. The Bertz CT molecular complexity index is 212. The fraction of sp³-hybridized carbons (Fsp3) is 0.833. The third kappa shape index (κ3) is 6.72. The summed E-state index contributed by atoms with van der Waals surface area (Å²) in [6, 6.07) is 0. The van der Waals surface area contributed by atoms with Crippen molar-refractivity contribution >= 4 is 22.7 Å². The maximum Gasteiger partial charge on any atom is 0.192 e. The van der Waals surface area contributed by atoms with Gasteiger partial charge in [0.05, 0.1) is 5.25 Å². The summed E-state index contributed by atoms with van der Waals surface area (Å²) in [5.41, 5.74) is 0. The molecule has 15 heavy (non-hydrogen) atoms. The van der Waals surface area contributed by atoms with Gasteiger partial charge in [0.2, 0.25) is 0 Å². The molecular weight excluding hydrogens is 208 g/mol. The van der Waals surface area contributed by atoms with Crippen molar-refractivity contribution in [1.82, 2.24) is 0 Å². The van der Waals surface area contributed by atoms with Crippen LogP contribution in [0.5, 0.6) is 0 Å². The number of carbonyl (C=O) groups excluding carboxylic acids is 2. The highest BCUT2D eigenvalue weighted by Crippen LogP contribution is 2.22. The Hall–Kier alpha value is -0.310. The maximum absolute atomic E-state index is 11.5. The SMILES string of the molecule is CCCCCC(SC(=O)C(C)C)C(C)=O. The van der Waals surface area contributed by atoms with Crippen molar-refractivity contribution < 1.29 is 9.59 Å². The fourth-order valence-electron chi connectivity index (χ4n) is 1.20. The number of hydrogen-bond acceptors (Lipinski definition) is 3. The predicted molar refractivity (Wildman–Crippen MR) is 66.0 cm³/mol. The molecule has 0 amide bonds. The molecule has 0 aromatic rings. The summed E-state index contributed by atoms with van der Waals surface area (Å²) in [5, 5.41) is 0.0122. The minimum absolute atomic E-state index is 0.0167. The van der Waals surface area contributed by atoms with E-state index in [-0.39, 0.29) is 22.1 Å². The van der Waals surface area contributed by atoms with E-state index in [1.54, 1.807) is 6.92 Å². The van der Waals surface area contributed by atoms with Crippen LogP contribution in [-0.2, 0) is 9.59 Å². The molecule has 0 rings (SSSR count). The van der Waals surface area contributed by atoms with E-state index in [0.717, 1.165) is 25.7 Å². The molecule has 2 nitrogen and oxygen atoms in total. The van der Waals surface area contributed by atoms with Crippen LogP contribution in [0.4, 0.5) is 0 Å². The van der Waals surface area contributed by atoms with Gasteiger partial charge in [-0.05, 0) is 13.3 Å². The first-order chi connectivity index (χ1) is 6.99. The van der Waals surface area contributed by atoms with E-state index in [1.807, 2.05) is 13.8 Å². The normalized spacial score (nSPS) is 12.9. The van der Waals surface area contributed by atoms with Crippen molar-refractivity contribution in [2.75, 3.05) is 0 Å². The smallest absolute Gasteiger partial charge is 0.192 e. The average Bonchev–Trinajstić information content (AvgIpc) is 2.15. The number of hydrogen-bond donors (Lipinski definition) is 0. The lowest BCUT2D eigenvalue weighted by Gasteiger charge is -2.13. The number of carbonyl (C=O) groups is 2. The van der Waals surface area contributed by atoms with Gasteiger partial charge in [-0.1, -0.05) is 51.8 Å². The van der Waals surface area contributed by atoms with Gasteiger partial charge in [0.15, 0.2) is 5.12 Å². The molecular formula is C12H22O2S.